The largest absolute Gasteiger partial charge is 0.489 e. The number of aliphatic hydroxyl groups is 1. The number of carbonyl (C=O) groups is 1. The van der Waals surface area contributed by atoms with Crippen molar-refractivity contribution in [1.82, 2.24) is 19.6 Å². The summed E-state index contributed by atoms with van der Waals surface area (Å²) in [5.41, 5.74) is 0.0349. The van der Waals surface area contributed by atoms with Crippen molar-refractivity contribution in [3.05, 3.63) is 41.0 Å². The van der Waals surface area contributed by atoms with Crippen molar-refractivity contribution in [3.8, 4) is 5.75 Å². The van der Waals surface area contributed by atoms with Crippen molar-refractivity contribution >= 4 is 35.4 Å². The molecule has 0 radical (unpaired) electrons. The topological polar surface area (TPSA) is 82.9 Å². The lowest BCUT2D eigenvalue weighted by Crippen LogP contribution is -2.49. The number of carbonyl (C=O) groups excluding carboxylic acids is 1. The Kier molecular flexibility index (Phi) is 7.51. The first kappa shape index (κ1) is 22.7. The van der Waals surface area contributed by atoms with E-state index < -0.39 is 5.60 Å². The number of anilines is 1. The van der Waals surface area contributed by atoms with Gasteiger partial charge >= 0.3 is 6.03 Å². The SMILES string of the molecule is CSNc1ccn(C(=O)N2CCN(Cc3cccc(OCC(C)(C)O)c3Cl)CC2)n1. The quantitative estimate of drug-likeness (QED) is 0.623. The van der Waals surface area contributed by atoms with Gasteiger partial charge < -0.3 is 19.5 Å². The summed E-state index contributed by atoms with van der Waals surface area (Å²) in [4.78, 5) is 16.7. The molecule has 2 N–H and O–H groups in total. The van der Waals surface area contributed by atoms with Crippen LogP contribution in [0.2, 0.25) is 5.02 Å². The monoisotopic (exact) mass is 453 g/mol. The van der Waals surface area contributed by atoms with Gasteiger partial charge in [0.1, 0.15) is 12.4 Å². The molecule has 1 aromatic heterocycles. The molecule has 8 nitrogen and oxygen atoms in total. The van der Waals surface area contributed by atoms with E-state index in [0.29, 0.717) is 36.2 Å². The van der Waals surface area contributed by atoms with Crippen molar-refractivity contribution in [2.75, 3.05) is 43.8 Å². The van der Waals surface area contributed by atoms with E-state index in [1.165, 1.54) is 16.6 Å². The number of nitrogens with zero attached hydrogens (tertiary/aromatic N) is 4. The lowest BCUT2D eigenvalue weighted by molar-refractivity contribution is 0.0284. The summed E-state index contributed by atoms with van der Waals surface area (Å²) in [5.74, 6) is 1.23. The molecule has 164 valence electrons. The number of halogens is 1. The second-order valence-electron chi connectivity index (χ2n) is 7.83. The van der Waals surface area contributed by atoms with Gasteiger partial charge in [0.15, 0.2) is 5.82 Å². The summed E-state index contributed by atoms with van der Waals surface area (Å²) >= 11 is 7.96. The van der Waals surface area contributed by atoms with Crippen LogP contribution < -0.4 is 9.46 Å². The van der Waals surface area contributed by atoms with Crippen LogP contribution in [0.1, 0.15) is 19.4 Å². The van der Waals surface area contributed by atoms with Gasteiger partial charge in [-0.3, -0.25) is 4.90 Å². The summed E-state index contributed by atoms with van der Waals surface area (Å²) in [6.07, 6.45) is 3.58. The van der Waals surface area contributed by atoms with Gasteiger partial charge in [-0.1, -0.05) is 35.7 Å². The third-order valence-electron chi connectivity index (χ3n) is 4.65. The van der Waals surface area contributed by atoms with Crippen LogP contribution in [0.3, 0.4) is 0 Å². The normalized spacial score (nSPS) is 15.3. The Labute approximate surface area is 186 Å². The smallest absolute Gasteiger partial charge is 0.344 e. The molecule has 0 aliphatic carbocycles. The van der Waals surface area contributed by atoms with Gasteiger partial charge in [0, 0.05) is 51.2 Å². The molecule has 1 saturated heterocycles. The van der Waals surface area contributed by atoms with Gasteiger partial charge in [0.05, 0.1) is 10.6 Å². The fourth-order valence-corrected chi connectivity index (χ4v) is 3.68. The standard InChI is InChI=1S/C20H28ClN5O3S/c1-20(2,28)14-29-16-6-4-5-15(18(16)21)13-24-9-11-25(12-10-24)19(27)26-8-7-17(22-26)23-30-3/h4-8,28H,9-14H2,1-3H3,(H,22,23). The number of rotatable bonds is 7. The minimum absolute atomic E-state index is 0.121. The van der Waals surface area contributed by atoms with Gasteiger partial charge in [-0.15, -0.1) is 5.10 Å². The molecule has 10 heteroatoms. The second kappa shape index (κ2) is 9.91. The molecule has 3 rings (SSSR count). The first-order valence-electron chi connectivity index (χ1n) is 9.76. The number of hydrogen-bond donors (Lipinski definition) is 2. The highest BCUT2D eigenvalue weighted by Crippen LogP contribution is 2.30. The van der Waals surface area contributed by atoms with Gasteiger partial charge in [-0.05, 0) is 25.5 Å². The highest BCUT2D eigenvalue weighted by atomic mass is 35.5. The van der Waals surface area contributed by atoms with Crippen LogP contribution in [0.4, 0.5) is 10.6 Å². The molecular weight excluding hydrogens is 426 g/mol. The first-order chi connectivity index (χ1) is 14.3. The molecule has 2 heterocycles. The lowest BCUT2D eigenvalue weighted by atomic mass is 10.1. The van der Waals surface area contributed by atoms with Crippen LogP contribution in [0, 0.1) is 0 Å². The summed E-state index contributed by atoms with van der Waals surface area (Å²) in [5, 5.41) is 14.7. The van der Waals surface area contributed by atoms with Crippen LogP contribution in [-0.4, -0.2) is 75.4 Å². The number of amides is 1. The number of hydrogen-bond acceptors (Lipinski definition) is 7. The third-order valence-corrected chi connectivity index (χ3v) is 5.49. The van der Waals surface area contributed by atoms with Crippen molar-refractivity contribution in [3.63, 3.8) is 0 Å². The molecule has 0 unspecified atom stereocenters. The molecule has 1 amide bonds. The number of benzene rings is 1. The van der Waals surface area contributed by atoms with E-state index in [1.807, 2.05) is 18.4 Å². The first-order valence-corrected chi connectivity index (χ1v) is 11.4. The summed E-state index contributed by atoms with van der Waals surface area (Å²) in [7, 11) is 0. The van der Waals surface area contributed by atoms with Gasteiger partial charge in [-0.2, -0.15) is 4.68 Å². The van der Waals surface area contributed by atoms with Crippen molar-refractivity contribution in [2.24, 2.45) is 0 Å². The van der Waals surface area contributed by atoms with Crippen LogP contribution in [-0.2, 0) is 6.54 Å². The summed E-state index contributed by atoms with van der Waals surface area (Å²) < 4.78 is 10.1. The van der Waals surface area contributed by atoms with E-state index in [0.717, 1.165) is 18.7 Å². The van der Waals surface area contributed by atoms with E-state index in [-0.39, 0.29) is 12.6 Å². The zero-order chi connectivity index (χ0) is 21.7. The highest BCUT2D eigenvalue weighted by Gasteiger charge is 2.24. The van der Waals surface area contributed by atoms with Crippen molar-refractivity contribution < 1.29 is 14.6 Å². The maximum absolute atomic E-state index is 12.6. The van der Waals surface area contributed by atoms with Crippen molar-refractivity contribution in [1.29, 1.82) is 0 Å². The highest BCUT2D eigenvalue weighted by molar-refractivity contribution is 7.99. The average Bonchev–Trinajstić information content (AvgIpc) is 3.17. The summed E-state index contributed by atoms with van der Waals surface area (Å²) in [6, 6.07) is 7.33. The van der Waals surface area contributed by atoms with Crippen LogP contribution in [0.25, 0.3) is 0 Å². The van der Waals surface area contributed by atoms with E-state index in [4.69, 9.17) is 16.3 Å². The molecule has 1 aliphatic rings. The molecule has 1 aromatic carbocycles. The van der Waals surface area contributed by atoms with Gasteiger partial charge in [0.2, 0.25) is 0 Å². The van der Waals surface area contributed by atoms with E-state index >= 15 is 0 Å². The molecule has 0 spiro atoms. The third kappa shape index (κ3) is 6.04. The number of piperazine rings is 1. The molecule has 1 fully saturated rings. The Balaban J connectivity index is 1.55. The Bertz CT molecular complexity index is 862. The molecule has 0 bridgehead atoms. The average molecular weight is 454 g/mol. The van der Waals surface area contributed by atoms with Crippen LogP contribution >= 0.6 is 23.5 Å². The molecule has 0 atom stereocenters. The molecule has 30 heavy (non-hydrogen) atoms. The van der Waals surface area contributed by atoms with Gasteiger partial charge in [-0.25, -0.2) is 4.79 Å². The minimum Gasteiger partial charge on any atom is -0.489 e. The van der Waals surface area contributed by atoms with Crippen LogP contribution in [0.15, 0.2) is 30.5 Å². The Morgan fingerprint density at radius 2 is 2.03 bits per heavy atom. The predicted molar refractivity (Wildman–Crippen MR) is 120 cm³/mol. The van der Waals surface area contributed by atoms with E-state index in [1.54, 1.807) is 37.1 Å². The lowest BCUT2D eigenvalue weighted by Gasteiger charge is -2.34. The Morgan fingerprint density at radius 3 is 2.70 bits per heavy atom. The second-order valence-corrected chi connectivity index (χ2v) is 8.82. The fourth-order valence-electron chi connectivity index (χ4n) is 3.12. The molecular formula is C20H28ClN5O3S. The maximum Gasteiger partial charge on any atom is 0.344 e. The van der Waals surface area contributed by atoms with E-state index in [2.05, 4.69) is 14.7 Å². The molecule has 1 aliphatic heterocycles. The predicted octanol–water partition coefficient (Wildman–Crippen LogP) is 3.16. The van der Waals surface area contributed by atoms with E-state index in [9.17, 15) is 9.90 Å². The maximum atomic E-state index is 12.6. The zero-order valence-corrected chi connectivity index (χ0v) is 19.0. The number of aromatic nitrogens is 2. The Hall–Kier alpha value is -1.94. The summed E-state index contributed by atoms with van der Waals surface area (Å²) in [6.45, 7) is 6.95. The minimum atomic E-state index is -0.928. The fraction of sp³-hybridized carbons (Fsp3) is 0.500. The van der Waals surface area contributed by atoms with Crippen molar-refractivity contribution in [2.45, 2.75) is 26.0 Å². The van der Waals surface area contributed by atoms with Gasteiger partial charge in [0.25, 0.3) is 0 Å². The molecule has 0 saturated carbocycles. The zero-order valence-electron chi connectivity index (χ0n) is 17.5. The van der Waals surface area contributed by atoms with Crippen LogP contribution in [0.5, 0.6) is 5.75 Å². The molecule has 2 aromatic rings. The Morgan fingerprint density at radius 1 is 1.30 bits per heavy atom. The number of ether oxygens (including phenoxy) is 1. The number of nitrogens with one attached hydrogen (secondary N) is 1.